The highest BCUT2D eigenvalue weighted by atomic mass is 16.3. The van der Waals surface area contributed by atoms with Crippen LogP contribution in [-0.4, -0.2) is 18.1 Å². The molecule has 74 valence electrons. The van der Waals surface area contributed by atoms with Gasteiger partial charge in [0, 0.05) is 19.0 Å². The summed E-state index contributed by atoms with van der Waals surface area (Å²) in [5.41, 5.74) is 7.47. The predicted molar refractivity (Wildman–Crippen MR) is 54.3 cm³/mol. The number of aromatic hydroxyl groups is 1. The zero-order valence-electron chi connectivity index (χ0n) is 7.95. The van der Waals surface area contributed by atoms with Gasteiger partial charge in [0.05, 0.1) is 11.4 Å². The number of nitrogens with two attached hydrogens (primary N) is 1. The van der Waals surface area contributed by atoms with E-state index in [0.29, 0.717) is 18.5 Å². The van der Waals surface area contributed by atoms with Crippen LogP contribution in [0.15, 0.2) is 12.1 Å². The fourth-order valence-corrected chi connectivity index (χ4v) is 1.74. The number of rotatable bonds is 0. The normalized spacial score (nSPS) is 15.5. The van der Waals surface area contributed by atoms with E-state index in [0.717, 1.165) is 11.3 Å². The largest absolute Gasteiger partial charge is 0.505 e. The molecule has 0 bridgehead atoms. The molecule has 14 heavy (non-hydrogen) atoms. The van der Waals surface area contributed by atoms with Crippen molar-refractivity contribution in [1.82, 2.24) is 0 Å². The molecule has 0 saturated carbocycles. The topological polar surface area (TPSA) is 66.6 Å². The third-order valence-corrected chi connectivity index (χ3v) is 2.61. The Morgan fingerprint density at radius 1 is 1.43 bits per heavy atom. The van der Waals surface area contributed by atoms with Gasteiger partial charge in [-0.1, -0.05) is 0 Å². The van der Waals surface area contributed by atoms with Crippen LogP contribution in [0.4, 0.5) is 11.4 Å². The summed E-state index contributed by atoms with van der Waals surface area (Å²) >= 11 is 0. The highest BCUT2D eigenvalue weighted by Gasteiger charge is 2.23. The molecular weight excluding hydrogens is 180 g/mol. The van der Waals surface area contributed by atoms with E-state index in [1.54, 1.807) is 24.1 Å². The average molecular weight is 192 g/mol. The second-order valence-corrected chi connectivity index (χ2v) is 3.45. The number of phenols is 1. The number of nitrogen functional groups attached to an aromatic ring is 1. The number of fused-ring (bicyclic) bond motifs is 1. The van der Waals surface area contributed by atoms with Gasteiger partial charge >= 0.3 is 0 Å². The molecule has 1 heterocycles. The fourth-order valence-electron chi connectivity index (χ4n) is 1.74. The molecule has 0 aromatic heterocycles. The number of nitrogens with zero attached hydrogens (tertiary/aromatic N) is 1. The molecule has 4 heteroatoms. The number of anilines is 2. The van der Waals surface area contributed by atoms with Crippen molar-refractivity contribution in [2.24, 2.45) is 0 Å². The zero-order valence-corrected chi connectivity index (χ0v) is 7.95. The van der Waals surface area contributed by atoms with Crippen LogP contribution in [0.25, 0.3) is 0 Å². The van der Waals surface area contributed by atoms with E-state index in [2.05, 4.69) is 0 Å². The van der Waals surface area contributed by atoms with Gasteiger partial charge in [-0.2, -0.15) is 0 Å². The predicted octanol–water partition coefficient (Wildman–Crippen LogP) is 0.883. The maximum Gasteiger partial charge on any atom is 0.227 e. The minimum absolute atomic E-state index is 0.0710. The highest BCUT2D eigenvalue weighted by molar-refractivity contribution is 5.97. The molecule has 0 atom stereocenters. The summed E-state index contributed by atoms with van der Waals surface area (Å²) in [7, 11) is 1.70. The van der Waals surface area contributed by atoms with Gasteiger partial charge in [0.2, 0.25) is 5.91 Å². The first-order chi connectivity index (χ1) is 6.61. The molecular formula is C10H12N2O2. The van der Waals surface area contributed by atoms with E-state index in [1.165, 1.54) is 0 Å². The van der Waals surface area contributed by atoms with Gasteiger partial charge in [-0.15, -0.1) is 0 Å². The van der Waals surface area contributed by atoms with Crippen molar-refractivity contribution < 1.29 is 9.90 Å². The summed E-state index contributed by atoms with van der Waals surface area (Å²) in [6, 6.07) is 3.38. The lowest BCUT2D eigenvalue weighted by atomic mass is 10.00. The molecule has 1 aromatic carbocycles. The molecule has 0 aliphatic carbocycles. The van der Waals surface area contributed by atoms with Crippen LogP contribution in [0.5, 0.6) is 5.75 Å². The summed E-state index contributed by atoms with van der Waals surface area (Å²) < 4.78 is 0. The molecule has 0 spiro atoms. The second kappa shape index (κ2) is 2.90. The van der Waals surface area contributed by atoms with Gasteiger partial charge in [-0.3, -0.25) is 4.79 Å². The molecule has 0 fully saturated rings. The maximum absolute atomic E-state index is 11.4. The summed E-state index contributed by atoms with van der Waals surface area (Å²) in [6.07, 6.45) is 0.996. The standard InChI is InChI=1S/C10H12N2O2/c1-12-8-4-3-7(11)10(14)6(8)2-5-9(12)13/h3-4,14H,2,5,11H2,1H3. The van der Waals surface area contributed by atoms with Gasteiger partial charge in [0.25, 0.3) is 0 Å². The number of benzene rings is 1. The number of phenolic OH excluding ortho intramolecular Hbond substituents is 1. The quantitative estimate of drug-likeness (QED) is 0.473. The molecule has 1 amide bonds. The summed E-state index contributed by atoms with van der Waals surface area (Å²) in [6.45, 7) is 0. The number of hydrogen-bond donors (Lipinski definition) is 2. The Hall–Kier alpha value is -1.71. The van der Waals surface area contributed by atoms with E-state index < -0.39 is 0 Å². The van der Waals surface area contributed by atoms with Crippen LogP contribution < -0.4 is 10.6 Å². The van der Waals surface area contributed by atoms with Crippen molar-refractivity contribution in [3.63, 3.8) is 0 Å². The Kier molecular flexibility index (Phi) is 1.84. The second-order valence-electron chi connectivity index (χ2n) is 3.45. The number of carbonyl (C=O) groups is 1. The lowest BCUT2D eigenvalue weighted by molar-refractivity contribution is -0.118. The average Bonchev–Trinajstić information content (AvgIpc) is 2.17. The van der Waals surface area contributed by atoms with Crippen molar-refractivity contribution in [2.75, 3.05) is 17.7 Å². The van der Waals surface area contributed by atoms with Gasteiger partial charge in [-0.25, -0.2) is 0 Å². The first-order valence-corrected chi connectivity index (χ1v) is 4.48. The van der Waals surface area contributed by atoms with Crippen molar-refractivity contribution in [2.45, 2.75) is 12.8 Å². The van der Waals surface area contributed by atoms with E-state index in [1.807, 2.05) is 0 Å². The van der Waals surface area contributed by atoms with Crippen LogP contribution in [0.2, 0.25) is 0 Å². The highest BCUT2D eigenvalue weighted by Crippen LogP contribution is 2.36. The Labute approximate surface area is 81.9 Å². The molecule has 0 radical (unpaired) electrons. The van der Waals surface area contributed by atoms with Crippen molar-refractivity contribution in [1.29, 1.82) is 0 Å². The molecule has 0 unspecified atom stereocenters. The smallest absolute Gasteiger partial charge is 0.227 e. The van der Waals surface area contributed by atoms with Gasteiger partial charge in [0.1, 0.15) is 5.75 Å². The molecule has 0 saturated heterocycles. The molecule has 1 aliphatic rings. The van der Waals surface area contributed by atoms with Gasteiger partial charge in [-0.05, 0) is 18.6 Å². The van der Waals surface area contributed by atoms with Crippen LogP contribution in [0, 0.1) is 0 Å². The van der Waals surface area contributed by atoms with E-state index in [9.17, 15) is 9.90 Å². The lowest BCUT2D eigenvalue weighted by Gasteiger charge is -2.26. The number of hydrogen-bond acceptors (Lipinski definition) is 3. The van der Waals surface area contributed by atoms with Crippen molar-refractivity contribution in [3.05, 3.63) is 17.7 Å². The Balaban J connectivity index is 2.59. The first-order valence-electron chi connectivity index (χ1n) is 4.48. The summed E-state index contributed by atoms with van der Waals surface area (Å²) in [5.74, 6) is 0.184. The molecule has 4 nitrogen and oxygen atoms in total. The van der Waals surface area contributed by atoms with Crippen LogP contribution in [0.3, 0.4) is 0 Å². The van der Waals surface area contributed by atoms with E-state index in [4.69, 9.17) is 5.73 Å². The third kappa shape index (κ3) is 1.11. The van der Waals surface area contributed by atoms with Crippen molar-refractivity contribution in [3.8, 4) is 5.75 Å². The number of amides is 1. The van der Waals surface area contributed by atoms with Crippen LogP contribution >= 0.6 is 0 Å². The summed E-state index contributed by atoms with van der Waals surface area (Å²) in [4.78, 5) is 12.9. The van der Waals surface area contributed by atoms with Gasteiger partial charge < -0.3 is 15.7 Å². The summed E-state index contributed by atoms with van der Waals surface area (Å²) in [5, 5.41) is 9.68. The van der Waals surface area contributed by atoms with E-state index in [-0.39, 0.29) is 11.7 Å². The fraction of sp³-hybridized carbons (Fsp3) is 0.300. The lowest BCUT2D eigenvalue weighted by Crippen LogP contribution is -2.31. The Bertz CT molecular complexity index is 401. The van der Waals surface area contributed by atoms with Gasteiger partial charge in [0.15, 0.2) is 0 Å². The molecule has 1 aliphatic heterocycles. The number of carbonyl (C=O) groups excluding carboxylic acids is 1. The maximum atomic E-state index is 11.4. The monoisotopic (exact) mass is 192 g/mol. The first kappa shape index (κ1) is 8.87. The Morgan fingerprint density at radius 2 is 2.14 bits per heavy atom. The minimum Gasteiger partial charge on any atom is -0.505 e. The van der Waals surface area contributed by atoms with Crippen LogP contribution in [-0.2, 0) is 11.2 Å². The SMILES string of the molecule is CN1C(=O)CCc2c1ccc(N)c2O. The van der Waals surface area contributed by atoms with E-state index >= 15 is 0 Å². The Morgan fingerprint density at radius 3 is 2.86 bits per heavy atom. The zero-order chi connectivity index (χ0) is 10.3. The molecule has 3 N–H and O–H groups in total. The van der Waals surface area contributed by atoms with Crippen LogP contribution in [0.1, 0.15) is 12.0 Å². The molecule has 2 rings (SSSR count). The third-order valence-electron chi connectivity index (χ3n) is 2.61. The van der Waals surface area contributed by atoms with Crippen molar-refractivity contribution >= 4 is 17.3 Å². The minimum atomic E-state index is 0.0710. The molecule has 1 aromatic rings.